The van der Waals surface area contributed by atoms with Crippen LogP contribution in [0.1, 0.15) is 45.7 Å². The van der Waals surface area contributed by atoms with Crippen molar-refractivity contribution >= 4 is 33.4 Å². The molecule has 0 unspecified atom stereocenters. The highest BCUT2D eigenvalue weighted by Gasteiger charge is 2.15. The summed E-state index contributed by atoms with van der Waals surface area (Å²) in [5.74, 6) is 1.31. The van der Waals surface area contributed by atoms with Crippen LogP contribution in [0.4, 0.5) is 0 Å². The molecule has 0 saturated carbocycles. The highest BCUT2D eigenvalue weighted by Crippen LogP contribution is 2.40. The molecule has 0 spiro atoms. The smallest absolute Gasteiger partial charge is 0.252 e. The van der Waals surface area contributed by atoms with Gasteiger partial charge in [0.05, 0.1) is 24.3 Å². The van der Waals surface area contributed by atoms with Gasteiger partial charge in [-0.2, -0.15) is 0 Å². The van der Waals surface area contributed by atoms with Crippen LogP contribution in [-0.4, -0.2) is 25.0 Å². The topological polar surface area (TPSA) is 76.7 Å². The molecule has 40 heavy (non-hydrogen) atoms. The van der Waals surface area contributed by atoms with Crippen LogP contribution in [0.5, 0.6) is 11.5 Å². The molecule has 0 aliphatic carbocycles. The monoisotopic (exact) mass is 572 g/mol. The Morgan fingerprint density at radius 3 is 1.32 bits per heavy atom. The molecule has 4 aromatic carbocycles. The van der Waals surface area contributed by atoms with Crippen molar-refractivity contribution < 1.29 is 19.1 Å². The molecule has 0 aromatic heterocycles. The minimum absolute atomic E-state index is 0.154. The molecule has 206 valence electrons. The summed E-state index contributed by atoms with van der Waals surface area (Å²) in [7, 11) is 2.91. The molecule has 0 fully saturated rings. The van der Waals surface area contributed by atoms with Crippen LogP contribution < -0.4 is 20.1 Å². The number of hydrogen-bond acceptors (Lipinski definition) is 6. The number of hydrogen-bond donors (Lipinski definition) is 2. The summed E-state index contributed by atoms with van der Waals surface area (Å²) in [6.45, 7) is 5.94. The van der Waals surface area contributed by atoms with Crippen molar-refractivity contribution in [3.63, 3.8) is 0 Å². The number of carbonyl (C=O) groups is 2. The Morgan fingerprint density at radius 1 is 0.575 bits per heavy atom. The maximum absolute atomic E-state index is 13.0. The molecule has 2 amide bonds. The second-order valence-electron chi connectivity index (χ2n) is 8.68. The first-order valence-corrected chi connectivity index (χ1v) is 15.2. The molecule has 2 N–H and O–H groups in total. The van der Waals surface area contributed by atoms with Gasteiger partial charge in [-0.25, -0.2) is 0 Å². The van der Waals surface area contributed by atoms with Gasteiger partial charge >= 0.3 is 0 Å². The van der Waals surface area contributed by atoms with Crippen LogP contribution in [0.15, 0.2) is 107 Å². The first kappa shape index (κ1) is 29.1. The Balaban J connectivity index is 1.36. The van der Waals surface area contributed by atoms with Crippen LogP contribution in [0.25, 0.3) is 0 Å². The lowest BCUT2D eigenvalue weighted by Crippen LogP contribution is -2.23. The molecule has 0 atom stereocenters. The normalized spacial score (nSPS) is 10.6. The Bertz CT molecular complexity index is 1300. The van der Waals surface area contributed by atoms with Crippen molar-refractivity contribution in [2.75, 3.05) is 13.2 Å². The van der Waals surface area contributed by atoms with E-state index in [4.69, 9.17) is 9.47 Å². The van der Waals surface area contributed by atoms with Crippen LogP contribution in [0.2, 0.25) is 0 Å². The van der Waals surface area contributed by atoms with Crippen molar-refractivity contribution in [3.8, 4) is 11.5 Å². The average Bonchev–Trinajstić information content (AvgIpc) is 2.99. The quantitative estimate of drug-likeness (QED) is 0.166. The van der Waals surface area contributed by atoms with Crippen LogP contribution in [-0.2, 0) is 13.1 Å². The summed E-state index contributed by atoms with van der Waals surface area (Å²) >= 11 is 0. The van der Waals surface area contributed by atoms with Crippen molar-refractivity contribution in [1.82, 2.24) is 10.6 Å². The molecule has 0 heterocycles. The van der Waals surface area contributed by atoms with Crippen molar-refractivity contribution in [3.05, 3.63) is 119 Å². The maximum atomic E-state index is 13.0. The lowest BCUT2D eigenvalue weighted by Gasteiger charge is -2.12. The van der Waals surface area contributed by atoms with E-state index in [1.165, 1.54) is 21.6 Å². The zero-order chi connectivity index (χ0) is 28.2. The van der Waals surface area contributed by atoms with Gasteiger partial charge in [0, 0.05) is 22.9 Å². The molecule has 0 bridgehead atoms. The summed E-state index contributed by atoms with van der Waals surface area (Å²) in [4.78, 5) is 27.7. The fourth-order valence-corrected chi connectivity index (χ4v) is 6.20. The van der Waals surface area contributed by atoms with Gasteiger partial charge in [0.1, 0.15) is 11.5 Å². The maximum Gasteiger partial charge on any atom is 0.252 e. The Morgan fingerprint density at radius 2 is 0.950 bits per heavy atom. The Hall–Kier alpha value is -3.88. The molecular formula is C32H32N2O4S2. The SMILES string of the molecule is CCOc1ccc(CNC(=O)c2ccccc2SSc2ccccc2C(=O)NCc2ccc(OCC)cc2)cc1. The van der Waals surface area contributed by atoms with Gasteiger partial charge in [-0.05, 0) is 73.5 Å². The van der Waals surface area contributed by atoms with Crippen LogP contribution in [0, 0.1) is 0 Å². The molecule has 0 saturated heterocycles. The van der Waals surface area contributed by atoms with E-state index in [9.17, 15) is 9.59 Å². The first-order chi connectivity index (χ1) is 19.6. The predicted octanol–water partition coefficient (Wildman–Crippen LogP) is 7.14. The minimum Gasteiger partial charge on any atom is -0.494 e. The second-order valence-corrected chi connectivity index (χ2v) is 10.9. The fourth-order valence-electron chi connectivity index (χ4n) is 3.84. The van der Waals surface area contributed by atoms with Crippen LogP contribution >= 0.6 is 21.6 Å². The van der Waals surface area contributed by atoms with E-state index in [1.54, 1.807) is 0 Å². The summed E-state index contributed by atoms with van der Waals surface area (Å²) in [6.07, 6.45) is 0. The van der Waals surface area contributed by atoms with Gasteiger partial charge in [0.2, 0.25) is 0 Å². The zero-order valence-electron chi connectivity index (χ0n) is 22.5. The Labute approximate surface area is 243 Å². The molecular weight excluding hydrogens is 540 g/mol. The van der Waals surface area contributed by atoms with Crippen molar-refractivity contribution in [1.29, 1.82) is 0 Å². The van der Waals surface area contributed by atoms with E-state index in [-0.39, 0.29) is 11.8 Å². The number of amides is 2. The van der Waals surface area contributed by atoms with E-state index in [2.05, 4.69) is 10.6 Å². The van der Waals surface area contributed by atoms with Gasteiger partial charge in [0.25, 0.3) is 11.8 Å². The molecule has 4 aromatic rings. The number of nitrogens with one attached hydrogen (secondary N) is 2. The van der Waals surface area contributed by atoms with Gasteiger partial charge in [0.15, 0.2) is 0 Å². The average molecular weight is 573 g/mol. The minimum atomic E-state index is -0.154. The highest BCUT2D eigenvalue weighted by molar-refractivity contribution is 8.76. The summed E-state index contributed by atoms with van der Waals surface area (Å²) in [5.41, 5.74) is 3.15. The summed E-state index contributed by atoms with van der Waals surface area (Å²) in [5, 5.41) is 6.01. The van der Waals surface area contributed by atoms with E-state index in [1.807, 2.05) is 111 Å². The van der Waals surface area contributed by atoms with E-state index < -0.39 is 0 Å². The van der Waals surface area contributed by atoms with Gasteiger partial charge in [-0.1, -0.05) is 70.1 Å². The molecule has 0 radical (unpaired) electrons. The van der Waals surface area contributed by atoms with E-state index in [0.717, 1.165) is 32.4 Å². The highest BCUT2D eigenvalue weighted by atomic mass is 33.1. The van der Waals surface area contributed by atoms with Gasteiger partial charge < -0.3 is 20.1 Å². The van der Waals surface area contributed by atoms with E-state index >= 15 is 0 Å². The lowest BCUT2D eigenvalue weighted by molar-refractivity contribution is 0.0940. The fraction of sp³-hybridized carbons (Fsp3) is 0.188. The van der Waals surface area contributed by atoms with E-state index in [0.29, 0.717) is 37.4 Å². The number of ether oxygens (including phenoxy) is 2. The van der Waals surface area contributed by atoms with Crippen molar-refractivity contribution in [2.24, 2.45) is 0 Å². The standard InChI is InChI=1S/C32H32N2O4S2/c1-3-37-25-17-13-23(14-18-25)21-33-31(35)27-9-5-7-11-29(27)39-40-30-12-8-6-10-28(30)32(36)34-22-24-15-19-26(20-16-24)38-4-2/h5-20H,3-4,21-22H2,1-2H3,(H,33,35)(H,34,36). The lowest BCUT2D eigenvalue weighted by atomic mass is 10.2. The number of rotatable bonds is 13. The predicted molar refractivity (Wildman–Crippen MR) is 162 cm³/mol. The molecule has 0 aliphatic rings. The Kier molecular flexibility index (Phi) is 11.0. The van der Waals surface area contributed by atoms with Crippen molar-refractivity contribution in [2.45, 2.75) is 36.7 Å². The largest absolute Gasteiger partial charge is 0.494 e. The first-order valence-electron chi connectivity index (χ1n) is 13.1. The number of benzene rings is 4. The summed E-state index contributed by atoms with van der Waals surface area (Å²) < 4.78 is 11.0. The molecule has 4 rings (SSSR count). The summed E-state index contributed by atoms with van der Waals surface area (Å²) in [6, 6.07) is 30.3. The third-order valence-corrected chi connectivity index (χ3v) is 8.34. The molecule has 6 nitrogen and oxygen atoms in total. The van der Waals surface area contributed by atoms with Gasteiger partial charge in [-0.15, -0.1) is 0 Å². The zero-order valence-corrected chi connectivity index (χ0v) is 24.1. The van der Waals surface area contributed by atoms with Gasteiger partial charge in [-0.3, -0.25) is 9.59 Å². The third-order valence-electron chi connectivity index (χ3n) is 5.86. The number of carbonyl (C=O) groups excluding carboxylic acids is 2. The molecule has 8 heteroatoms. The third kappa shape index (κ3) is 8.31. The van der Waals surface area contributed by atoms with Crippen LogP contribution in [0.3, 0.4) is 0 Å². The molecule has 0 aliphatic heterocycles. The second kappa shape index (κ2) is 15.1.